The van der Waals surface area contributed by atoms with Gasteiger partial charge in [0, 0.05) is 32.4 Å². The predicted octanol–water partition coefficient (Wildman–Crippen LogP) is 1.27. The largest absolute Gasteiger partial charge is 0.340 e. The van der Waals surface area contributed by atoms with Gasteiger partial charge < -0.3 is 14.7 Å². The monoisotopic (exact) mass is 286 g/mol. The van der Waals surface area contributed by atoms with Gasteiger partial charge in [-0.15, -0.1) is 0 Å². The quantitative estimate of drug-likeness (QED) is 0.821. The number of aryl methyl sites for hydroxylation is 1. The van der Waals surface area contributed by atoms with E-state index in [1.807, 2.05) is 18.0 Å². The van der Waals surface area contributed by atoms with Gasteiger partial charge in [-0.1, -0.05) is 0 Å². The molecule has 2 aliphatic heterocycles. The van der Waals surface area contributed by atoms with Crippen LogP contribution in [-0.4, -0.2) is 55.1 Å². The smallest absolute Gasteiger partial charge is 0.251 e. The third kappa shape index (κ3) is 2.20. The van der Waals surface area contributed by atoms with Crippen LogP contribution in [0, 0.1) is 12.8 Å². The zero-order valence-electron chi connectivity index (χ0n) is 12.7. The first kappa shape index (κ1) is 13.1. The van der Waals surface area contributed by atoms with Crippen LogP contribution in [0.15, 0.2) is 12.3 Å². The molecular weight excluding hydrogens is 264 g/mol. The second-order valence-electron chi connectivity index (χ2n) is 6.72. The van der Waals surface area contributed by atoms with E-state index in [0.717, 1.165) is 43.2 Å². The second kappa shape index (κ2) is 4.70. The summed E-state index contributed by atoms with van der Waals surface area (Å²) in [5.41, 5.74) is 2.14. The number of hydrogen-bond acceptors (Lipinski definition) is 4. The van der Waals surface area contributed by atoms with E-state index in [1.54, 1.807) is 0 Å². The van der Waals surface area contributed by atoms with E-state index in [-0.39, 0.29) is 11.9 Å². The van der Waals surface area contributed by atoms with E-state index in [0.29, 0.717) is 5.92 Å². The van der Waals surface area contributed by atoms with Crippen molar-refractivity contribution in [2.24, 2.45) is 5.92 Å². The highest BCUT2D eigenvalue weighted by atomic mass is 16.2. The number of anilines is 2. The molecule has 0 aromatic carbocycles. The van der Waals surface area contributed by atoms with E-state index >= 15 is 0 Å². The van der Waals surface area contributed by atoms with Gasteiger partial charge in [-0.3, -0.25) is 4.79 Å². The van der Waals surface area contributed by atoms with Gasteiger partial charge in [0.15, 0.2) is 5.82 Å². The number of likely N-dealkylation sites (N-methyl/N-ethyl adjacent to an activating group) is 1. The molecule has 3 heterocycles. The van der Waals surface area contributed by atoms with Crippen molar-refractivity contribution in [3.63, 3.8) is 0 Å². The van der Waals surface area contributed by atoms with Crippen molar-refractivity contribution in [3.8, 4) is 0 Å². The number of fused-ring (bicyclic) bond motifs is 3. The SMILES string of the molecule is Cc1cnc2c(c1)N(CC1CC1)C(=O)[C@H]1CN(C)CCN21. The van der Waals surface area contributed by atoms with Crippen molar-refractivity contribution in [2.75, 3.05) is 43.0 Å². The average molecular weight is 286 g/mol. The highest BCUT2D eigenvalue weighted by molar-refractivity contribution is 6.05. The number of aromatic nitrogens is 1. The lowest BCUT2D eigenvalue weighted by Gasteiger charge is -2.46. The molecule has 3 aliphatic rings. The minimum absolute atomic E-state index is 0.0646. The molecule has 0 unspecified atom stereocenters. The van der Waals surface area contributed by atoms with Crippen molar-refractivity contribution in [2.45, 2.75) is 25.8 Å². The van der Waals surface area contributed by atoms with Crippen molar-refractivity contribution in [3.05, 3.63) is 17.8 Å². The first-order chi connectivity index (χ1) is 10.1. The van der Waals surface area contributed by atoms with Crippen LogP contribution in [0.5, 0.6) is 0 Å². The zero-order chi connectivity index (χ0) is 14.6. The number of carbonyl (C=O) groups is 1. The van der Waals surface area contributed by atoms with Gasteiger partial charge in [0.2, 0.25) is 0 Å². The molecule has 1 saturated heterocycles. The molecule has 2 fully saturated rings. The molecule has 5 heteroatoms. The predicted molar refractivity (Wildman–Crippen MR) is 82.7 cm³/mol. The van der Waals surface area contributed by atoms with Crippen molar-refractivity contribution in [1.82, 2.24) is 9.88 Å². The summed E-state index contributed by atoms with van der Waals surface area (Å²) in [5, 5.41) is 0. The highest BCUT2D eigenvalue weighted by Crippen LogP contribution is 2.39. The van der Waals surface area contributed by atoms with Crippen LogP contribution in [-0.2, 0) is 4.79 Å². The Hall–Kier alpha value is -1.62. The number of rotatable bonds is 2. The van der Waals surface area contributed by atoms with Crippen LogP contribution < -0.4 is 9.80 Å². The maximum atomic E-state index is 13.0. The van der Waals surface area contributed by atoms with Crippen LogP contribution in [0.3, 0.4) is 0 Å². The molecule has 0 spiro atoms. The van der Waals surface area contributed by atoms with E-state index in [1.165, 1.54) is 12.8 Å². The molecule has 1 amide bonds. The third-order valence-electron chi connectivity index (χ3n) is 4.82. The number of nitrogens with zero attached hydrogens (tertiary/aromatic N) is 4. The summed E-state index contributed by atoms with van der Waals surface area (Å²) in [6.07, 6.45) is 4.43. The fourth-order valence-corrected chi connectivity index (χ4v) is 3.40. The van der Waals surface area contributed by atoms with Crippen molar-refractivity contribution >= 4 is 17.4 Å². The molecule has 1 saturated carbocycles. The van der Waals surface area contributed by atoms with E-state index in [9.17, 15) is 4.79 Å². The molecule has 1 aromatic heterocycles. The minimum Gasteiger partial charge on any atom is -0.340 e. The highest BCUT2D eigenvalue weighted by Gasteiger charge is 2.43. The average Bonchev–Trinajstić information content (AvgIpc) is 3.27. The summed E-state index contributed by atoms with van der Waals surface area (Å²) in [7, 11) is 2.09. The maximum absolute atomic E-state index is 13.0. The molecule has 1 atom stereocenters. The molecule has 112 valence electrons. The number of hydrogen-bond donors (Lipinski definition) is 0. The Morgan fingerprint density at radius 2 is 2.14 bits per heavy atom. The summed E-state index contributed by atoms with van der Waals surface area (Å²) in [4.78, 5) is 24.1. The minimum atomic E-state index is -0.0646. The first-order valence-electron chi connectivity index (χ1n) is 7.86. The number of amides is 1. The standard InChI is InChI=1S/C16H22N4O/c1-11-7-13-15(17-8-11)19-6-5-18(2)10-14(19)16(21)20(13)9-12-3-4-12/h7-8,12,14H,3-6,9-10H2,1-2H3/t14-/m1/s1. The molecule has 1 aliphatic carbocycles. The Labute approximate surface area is 125 Å². The summed E-state index contributed by atoms with van der Waals surface area (Å²) in [6, 6.07) is 2.06. The summed E-state index contributed by atoms with van der Waals surface area (Å²) in [5.74, 6) is 1.95. The number of carbonyl (C=O) groups excluding carboxylic acids is 1. The molecule has 5 nitrogen and oxygen atoms in total. The second-order valence-corrected chi connectivity index (χ2v) is 6.72. The zero-order valence-corrected chi connectivity index (χ0v) is 12.7. The van der Waals surface area contributed by atoms with Crippen LogP contribution in [0.25, 0.3) is 0 Å². The van der Waals surface area contributed by atoms with Crippen molar-refractivity contribution < 1.29 is 4.79 Å². The lowest BCUT2D eigenvalue weighted by Crippen LogP contribution is -2.62. The van der Waals surface area contributed by atoms with Crippen molar-refractivity contribution in [1.29, 1.82) is 0 Å². The Bertz CT molecular complexity index is 584. The van der Waals surface area contributed by atoms with Gasteiger partial charge in [-0.2, -0.15) is 0 Å². The summed E-state index contributed by atoms with van der Waals surface area (Å²) < 4.78 is 0. The van der Waals surface area contributed by atoms with E-state index in [4.69, 9.17) is 0 Å². The Morgan fingerprint density at radius 1 is 1.33 bits per heavy atom. The van der Waals surface area contributed by atoms with E-state index < -0.39 is 0 Å². The Morgan fingerprint density at radius 3 is 2.90 bits per heavy atom. The Balaban J connectivity index is 1.76. The van der Waals surface area contributed by atoms with Crippen LogP contribution >= 0.6 is 0 Å². The Kier molecular flexibility index (Phi) is 2.92. The summed E-state index contributed by atoms with van der Waals surface area (Å²) >= 11 is 0. The van der Waals surface area contributed by atoms with Gasteiger partial charge in [-0.25, -0.2) is 4.98 Å². The lowest BCUT2D eigenvalue weighted by atomic mass is 10.0. The fourth-order valence-electron chi connectivity index (χ4n) is 3.40. The summed E-state index contributed by atoms with van der Waals surface area (Å²) in [6.45, 7) is 5.58. The van der Waals surface area contributed by atoms with Gasteiger partial charge in [0.05, 0.1) is 5.69 Å². The van der Waals surface area contributed by atoms with Crippen LogP contribution in [0.2, 0.25) is 0 Å². The van der Waals surface area contributed by atoms with E-state index in [2.05, 4.69) is 27.9 Å². The molecule has 21 heavy (non-hydrogen) atoms. The van der Waals surface area contributed by atoms with Crippen LogP contribution in [0.1, 0.15) is 18.4 Å². The molecule has 4 rings (SSSR count). The van der Waals surface area contributed by atoms with Gasteiger partial charge in [-0.05, 0) is 44.4 Å². The third-order valence-corrected chi connectivity index (χ3v) is 4.82. The first-order valence-corrected chi connectivity index (χ1v) is 7.86. The fraction of sp³-hybridized carbons (Fsp3) is 0.625. The van der Waals surface area contributed by atoms with Gasteiger partial charge in [0.1, 0.15) is 6.04 Å². The lowest BCUT2D eigenvalue weighted by molar-refractivity contribution is -0.121. The molecule has 0 bridgehead atoms. The molecule has 0 radical (unpaired) electrons. The number of pyridine rings is 1. The van der Waals surface area contributed by atoms with Gasteiger partial charge >= 0.3 is 0 Å². The normalized spacial score (nSPS) is 25.8. The maximum Gasteiger partial charge on any atom is 0.251 e. The molecular formula is C16H22N4O. The van der Waals surface area contributed by atoms with Gasteiger partial charge in [0.25, 0.3) is 5.91 Å². The molecule has 0 N–H and O–H groups in total. The molecule has 1 aromatic rings. The topological polar surface area (TPSA) is 39.7 Å². The van der Waals surface area contributed by atoms with Crippen LogP contribution in [0.4, 0.5) is 11.5 Å². The number of piperazine rings is 1.